The summed E-state index contributed by atoms with van der Waals surface area (Å²) >= 11 is 6.23. The Labute approximate surface area is 209 Å². The minimum absolute atomic E-state index is 0.0344. The summed E-state index contributed by atoms with van der Waals surface area (Å²) in [7, 11) is 0. The third-order valence-electron chi connectivity index (χ3n) is 5.83. The lowest BCUT2D eigenvalue weighted by molar-refractivity contribution is 0.0930. The van der Waals surface area contributed by atoms with Crippen LogP contribution >= 0.6 is 11.6 Å². The van der Waals surface area contributed by atoms with Crippen molar-refractivity contribution < 1.29 is 9.53 Å². The smallest absolute Gasteiger partial charge is 0.252 e. The summed E-state index contributed by atoms with van der Waals surface area (Å²) in [5.74, 6) is 1.06. The number of halogens is 1. The predicted octanol–water partition coefficient (Wildman–Crippen LogP) is 8.01. The number of para-hydroxylation sites is 1. The highest BCUT2D eigenvalue weighted by Crippen LogP contribution is 2.26. The van der Waals surface area contributed by atoms with Crippen molar-refractivity contribution in [3.63, 3.8) is 0 Å². The Balaban J connectivity index is 1.86. The van der Waals surface area contributed by atoms with Crippen molar-refractivity contribution in [2.24, 2.45) is 5.92 Å². The molecule has 0 unspecified atom stereocenters. The molecule has 3 rings (SSSR count). The number of carbonyl (C=O) groups excluding carboxylic acids is 1. The van der Waals surface area contributed by atoms with Crippen LogP contribution in [0.4, 0.5) is 0 Å². The van der Waals surface area contributed by atoms with Gasteiger partial charge >= 0.3 is 0 Å². The number of aryl methyl sites for hydroxylation is 3. The van der Waals surface area contributed by atoms with E-state index < -0.39 is 0 Å². The minimum atomic E-state index is -0.0383. The van der Waals surface area contributed by atoms with Gasteiger partial charge in [-0.1, -0.05) is 92.4 Å². The van der Waals surface area contributed by atoms with Gasteiger partial charge in [-0.25, -0.2) is 0 Å². The van der Waals surface area contributed by atoms with Gasteiger partial charge in [0.25, 0.3) is 5.91 Å². The van der Waals surface area contributed by atoms with Gasteiger partial charge in [0.2, 0.25) is 0 Å². The molecule has 0 aliphatic carbocycles. The highest BCUT2D eigenvalue weighted by atomic mass is 35.5. The zero-order valence-electron chi connectivity index (χ0n) is 21.0. The SMILES string of the molecule is CCCc1ccc(COc2ccccc2Cl)cc1C(=O)N[C@H](CC(C)C)c1cc(C)cc(C)c1. The molecule has 0 fully saturated rings. The Morgan fingerprint density at radius 1 is 1.00 bits per heavy atom. The van der Waals surface area contributed by atoms with Crippen molar-refractivity contribution in [2.75, 3.05) is 0 Å². The van der Waals surface area contributed by atoms with E-state index in [1.165, 1.54) is 11.1 Å². The number of rotatable bonds is 10. The van der Waals surface area contributed by atoms with Crippen LogP contribution in [0.3, 0.4) is 0 Å². The van der Waals surface area contributed by atoms with Crippen LogP contribution in [-0.2, 0) is 13.0 Å². The van der Waals surface area contributed by atoms with E-state index >= 15 is 0 Å². The first-order valence-electron chi connectivity index (χ1n) is 12.1. The van der Waals surface area contributed by atoms with Gasteiger partial charge < -0.3 is 10.1 Å². The fourth-order valence-corrected chi connectivity index (χ4v) is 4.52. The summed E-state index contributed by atoms with van der Waals surface area (Å²) in [5.41, 5.74) is 6.31. The van der Waals surface area contributed by atoms with Crippen molar-refractivity contribution in [3.05, 3.63) is 99.1 Å². The standard InChI is InChI=1S/C30H36ClNO2/c1-6-9-24-13-12-23(19-34-29-11-8-7-10-27(29)31)18-26(24)30(33)32-28(14-20(2)3)25-16-21(4)15-22(5)17-25/h7-8,10-13,15-18,20,28H,6,9,14,19H2,1-5H3,(H,32,33)/t28-/m1/s1. The molecule has 0 bridgehead atoms. The maximum Gasteiger partial charge on any atom is 0.252 e. The van der Waals surface area contributed by atoms with E-state index in [0.717, 1.165) is 41.5 Å². The Hall–Kier alpha value is -2.78. The molecule has 0 saturated carbocycles. The third-order valence-corrected chi connectivity index (χ3v) is 6.14. The molecule has 0 aliphatic heterocycles. The van der Waals surface area contributed by atoms with E-state index in [2.05, 4.69) is 64.2 Å². The van der Waals surface area contributed by atoms with Crippen molar-refractivity contribution in [3.8, 4) is 5.75 Å². The summed E-state index contributed by atoms with van der Waals surface area (Å²) in [4.78, 5) is 13.6. The van der Waals surface area contributed by atoms with Gasteiger partial charge in [-0.15, -0.1) is 0 Å². The molecule has 4 heteroatoms. The Bertz CT molecular complexity index is 1100. The summed E-state index contributed by atoms with van der Waals surface area (Å²) in [5, 5.41) is 3.92. The Morgan fingerprint density at radius 2 is 1.71 bits per heavy atom. The van der Waals surface area contributed by atoms with Crippen LogP contribution in [0.25, 0.3) is 0 Å². The van der Waals surface area contributed by atoms with Crippen molar-refractivity contribution in [2.45, 2.75) is 66.5 Å². The summed E-state index contributed by atoms with van der Waals surface area (Å²) in [6.07, 6.45) is 2.71. The molecule has 0 spiro atoms. The fourth-order valence-electron chi connectivity index (χ4n) is 4.33. The van der Waals surface area contributed by atoms with E-state index in [-0.39, 0.29) is 11.9 Å². The summed E-state index contributed by atoms with van der Waals surface area (Å²) < 4.78 is 5.92. The molecular formula is C30H36ClNO2. The molecule has 1 N–H and O–H groups in total. The monoisotopic (exact) mass is 477 g/mol. The fraction of sp³-hybridized carbons (Fsp3) is 0.367. The molecule has 0 aromatic heterocycles. The number of benzene rings is 3. The van der Waals surface area contributed by atoms with E-state index in [0.29, 0.717) is 23.3 Å². The second-order valence-electron chi connectivity index (χ2n) is 9.54. The zero-order valence-corrected chi connectivity index (χ0v) is 21.7. The van der Waals surface area contributed by atoms with Gasteiger partial charge in [-0.05, 0) is 67.5 Å². The quantitative estimate of drug-likeness (QED) is 0.321. The maximum atomic E-state index is 13.6. The first-order chi connectivity index (χ1) is 16.3. The molecule has 3 nitrogen and oxygen atoms in total. The molecule has 0 radical (unpaired) electrons. The van der Waals surface area contributed by atoms with Crippen LogP contribution in [0.2, 0.25) is 5.02 Å². The molecular weight excluding hydrogens is 442 g/mol. The first kappa shape index (κ1) is 25.8. The van der Waals surface area contributed by atoms with E-state index in [4.69, 9.17) is 16.3 Å². The van der Waals surface area contributed by atoms with Crippen molar-refractivity contribution in [1.29, 1.82) is 0 Å². The molecule has 1 atom stereocenters. The second-order valence-corrected chi connectivity index (χ2v) is 9.94. The molecule has 0 saturated heterocycles. The van der Waals surface area contributed by atoms with Crippen LogP contribution < -0.4 is 10.1 Å². The van der Waals surface area contributed by atoms with Crippen LogP contribution in [0, 0.1) is 19.8 Å². The minimum Gasteiger partial charge on any atom is -0.487 e. The van der Waals surface area contributed by atoms with Crippen LogP contribution in [0.15, 0.2) is 60.7 Å². The lowest BCUT2D eigenvalue weighted by Crippen LogP contribution is -2.30. The van der Waals surface area contributed by atoms with E-state index in [1.807, 2.05) is 36.4 Å². The first-order valence-corrected chi connectivity index (χ1v) is 12.5. The molecule has 0 heterocycles. The number of carbonyl (C=O) groups is 1. The predicted molar refractivity (Wildman–Crippen MR) is 142 cm³/mol. The zero-order chi connectivity index (χ0) is 24.7. The van der Waals surface area contributed by atoms with Gasteiger partial charge in [0, 0.05) is 5.56 Å². The molecule has 3 aromatic rings. The average Bonchev–Trinajstić information content (AvgIpc) is 2.78. The van der Waals surface area contributed by atoms with Gasteiger partial charge in [0.15, 0.2) is 0 Å². The van der Waals surface area contributed by atoms with Gasteiger partial charge in [0.1, 0.15) is 12.4 Å². The number of hydrogen-bond acceptors (Lipinski definition) is 2. The molecule has 3 aromatic carbocycles. The molecule has 34 heavy (non-hydrogen) atoms. The summed E-state index contributed by atoms with van der Waals surface area (Å²) in [6, 6.07) is 20.0. The topological polar surface area (TPSA) is 38.3 Å². The lowest BCUT2D eigenvalue weighted by Gasteiger charge is -2.23. The highest BCUT2D eigenvalue weighted by molar-refractivity contribution is 6.32. The molecule has 0 aliphatic rings. The summed E-state index contributed by atoms with van der Waals surface area (Å²) in [6.45, 7) is 11.1. The van der Waals surface area contributed by atoms with E-state index in [9.17, 15) is 4.79 Å². The van der Waals surface area contributed by atoms with Crippen molar-refractivity contribution in [1.82, 2.24) is 5.32 Å². The van der Waals surface area contributed by atoms with E-state index in [1.54, 1.807) is 0 Å². The average molecular weight is 478 g/mol. The lowest BCUT2D eigenvalue weighted by atomic mass is 9.93. The van der Waals surface area contributed by atoms with Crippen LogP contribution in [-0.4, -0.2) is 5.91 Å². The largest absolute Gasteiger partial charge is 0.487 e. The normalized spacial score (nSPS) is 12.0. The number of nitrogens with one attached hydrogen (secondary N) is 1. The Kier molecular flexibility index (Phi) is 9.18. The van der Waals surface area contributed by atoms with Gasteiger partial charge in [0.05, 0.1) is 11.1 Å². The highest BCUT2D eigenvalue weighted by Gasteiger charge is 2.20. The van der Waals surface area contributed by atoms with Gasteiger partial charge in [-0.3, -0.25) is 4.79 Å². The number of ether oxygens (including phenoxy) is 1. The third kappa shape index (κ3) is 7.11. The van der Waals surface area contributed by atoms with Crippen LogP contribution in [0.1, 0.15) is 77.8 Å². The van der Waals surface area contributed by atoms with Crippen molar-refractivity contribution >= 4 is 17.5 Å². The molecule has 180 valence electrons. The maximum absolute atomic E-state index is 13.6. The van der Waals surface area contributed by atoms with Gasteiger partial charge in [-0.2, -0.15) is 0 Å². The van der Waals surface area contributed by atoms with Crippen LogP contribution in [0.5, 0.6) is 5.75 Å². The number of hydrogen-bond donors (Lipinski definition) is 1. The number of amides is 1. The second kappa shape index (κ2) is 12.1. The molecule has 1 amide bonds. The Morgan fingerprint density at radius 3 is 2.35 bits per heavy atom.